The summed E-state index contributed by atoms with van der Waals surface area (Å²) in [6.07, 6.45) is 3.30. The first kappa shape index (κ1) is 18.6. The predicted molar refractivity (Wildman–Crippen MR) is 99.0 cm³/mol. The first-order chi connectivity index (χ1) is 13.5. The van der Waals surface area contributed by atoms with Crippen LogP contribution in [0.1, 0.15) is 48.3 Å². The van der Waals surface area contributed by atoms with E-state index in [9.17, 15) is 9.59 Å². The smallest absolute Gasteiger partial charge is 0.314 e. The van der Waals surface area contributed by atoms with Crippen LogP contribution >= 0.6 is 0 Å². The molecule has 8 nitrogen and oxygen atoms in total. The summed E-state index contributed by atoms with van der Waals surface area (Å²) in [6, 6.07) is 10.3. The highest BCUT2D eigenvalue weighted by atomic mass is 16.5. The van der Waals surface area contributed by atoms with Gasteiger partial charge in [0.2, 0.25) is 5.89 Å². The van der Waals surface area contributed by atoms with Crippen LogP contribution in [-0.4, -0.2) is 45.6 Å². The van der Waals surface area contributed by atoms with E-state index in [1.54, 1.807) is 0 Å². The maximum absolute atomic E-state index is 13.1. The maximum atomic E-state index is 13.1. The third kappa shape index (κ3) is 3.17. The van der Waals surface area contributed by atoms with Crippen molar-refractivity contribution in [2.75, 3.05) is 6.61 Å². The number of nitrogens with two attached hydrogens (primary N) is 1. The molecule has 2 aliphatic rings. The van der Waals surface area contributed by atoms with Crippen molar-refractivity contribution in [3.8, 4) is 0 Å². The number of carbonyl (C=O) groups is 2. The third-order valence-corrected chi connectivity index (χ3v) is 5.93. The van der Waals surface area contributed by atoms with E-state index in [1.165, 1.54) is 0 Å². The number of amides is 1. The van der Waals surface area contributed by atoms with Crippen molar-refractivity contribution < 1.29 is 18.8 Å². The highest BCUT2D eigenvalue weighted by Crippen LogP contribution is 2.52. The number of hydrogen-bond donors (Lipinski definition) is 1. The summed E-state index contributed by atoms with van der Waals surface area (Å²) in [5, 5.41) is 3.62. The zero-order chi connectivity index (χ0) is 19.7. The van der Waals surface area contributed by atoms with Crippen molar-refractivity contribution in [1.29, 1.82) is 0 Å². The zero-order valence-corrected chi connectivity index (χ0v) is 15.8. The second-order valence-electron chi connectivity index (χ2n) is 7.54. The van der Waals surface area contributed by atoms with Crippen molar-refractivity contribution in [3.63, 3.8) is 0 Å². The summed E-state index contributed by atoms with van der Waals surface area (Å²) < 4.78 is 10.7. The molecule has 148 valence electrons. The molecule has 0 spiro atoms. The molecular formula is C20H24N4O4. The van der Waals surface area contributed by atoms with E-state index in [0.717, 1.165) is 24.8 Å². The van der Waals surface area contributed by atoms with Crippen LogP contribution in [0.25, 0.3) is 0 Å². The highest BCUT2D eigenvalue weighted by molar-refractivity contribution is 5.88. The van der Waals surface area contributed by atoms with Crippen molar-refractivity contribution >= 4 is 11.9 Å². The van der Waals surface area contributed by atoms with Gasteiger partial charge in [-0.05, 0) is 38.2 Å². The van der Waals surface area contributed by atoms with Gasteiger partial charge in [0.25, 0.3) is 11.7 Å². The Labute approximate surface area is 163 Å². The fraction of sp³-hybridized carbons (Fsp3) is 0.500. The molecular weight excluding hydrogens is 360 g/mol. The van der Waals surface area contributed by atoms with Gasteiger partial charge in [-0.3, -0.25) is 14.5 Å². The molecule has 1 aromatic heterocycles. The average molecular weight is 384 g/mol. The topological polar surface area (TPSA) is 112 Å². The van der Waals surface area contributed by atoms with Crippen LogP contribution in [0.5, 0.6) is 0 Å². The van der Waals surface area contributed by atoms with Crippen LogP contribution in [-0.2, 0) is 22.5 Å². The van der Waals surface area contributed by atoms with Gasteiger partial charge >= 0.3 is 5.97 Å². The second kappa shape index (κ2) is 7.35. The molecule has 1 aromatic carbocycles. The monoisotopic (exact) mass is 384 g/mol. The number of fused-ring (bicyclic) bond motifs is 2. The Kier molecular flexibility index (Phi) is 4.89. The molecule has 28 heavy (non-hydrogen) atoms. The Morgan fingerprint density at radius 2 is 2.11 bits per heavy atom. The number of rotatable bonds is 7. The van der Waals surface area contributed by atoms with Crippen LogP contribution < -0.4 is 5.73 Å². The summed E-state index contributed by atoms with van der Waals surface area (Å²) >= 11 is 0. The number of benzene rings is 1. The van der Waals surface area contributed by atoms with Gasteiger partial charge in [0, 0.05) is 12.1 Å². The van der Waals surface area contributed by atoms with Gasteiger partial charge in [0.1, 0.15) is 0 Å². The fourth-order valence-corrected chi connectivity index (χ4v) is 4.84. The van der Waals surface area contributed by atoms with Crippen molar-refractivity contribution in [3.05, 3.63) is 47.6 Å². The molecule has 2 aliphatic heterocycles. The lowest BCUT2D eigenvalue weighted by atomic mass is 9.70. The van der Waals surface area contributed by atoms with Crippen LogP contribution in [0.4, 0.5) is 0 Å². The standard InChI is InChI=1S/C20H24N4O4/c1-2-27-19(26)20(10-13-6-4-3-5-7-13)11-14-8-9-15(20)24(14)12-16-22-18(17(21)25)23-28-16/h3-7,14-15H,2,8-12H2,1H3,(H2,21,25)/t14-,15+,20+/m1/s1. The van der Waals surface area contributed by atoms with Crippen molar-refractivity contribution in [2.24, 2.45) is 11.1 Å². The highest BCUT2D eigenvalue weighted by Gasteiger charge is 2.60. The first-order valence-corrected chi connectivity index (χ1v) is 9.63. The van der Waals surface area contributed by atoms with Gasteiger partial charge < -0.3 is 15.0 Å². The van der Waals surface area contributed by atoms with Crippen LogP contribution in [0, 0.1) is 5.41 Å². The van der Waals surface area contributed by atoms with Crippen LogP contribution in [0.3, 0.4) is 0 Å². The number of carbonyl (C=O) groups excluding carboxylic acids is 2. The Hall–Kier alpha value is -2.74. The lowest BCUT2D eigenvalue weighted by Gasteiger charge is -2.35. The molecule has 8 heteroatoms. The number of aromatic nitrogens is 2. The van der Waals surface area contributed by atoms with E-state index in [0.29, 0.717) is 25.5 Å². The normalized spacial score (nSPS) is 26.5. The molecule has 1 amide bonds. The van der Waals surface area contributed by atoms with Gasteiger partial charge in [0.15, 0.2) is 0 Å². The molecule has 0 aliphatic carbocycles. The first-order valence-electron chi connectivity index (χ1n) is 9.63. The van der Waals surface area contributed by atoms with Gasteiger partial charge in [-0.2, -0.15) is 4.98 Å². The maximum Gasteiger partial charge on any atom is 0.314 e. The molecule has 2 aromatic rings. The molecule has 3 atom stereocenters. The summed E-state index contributed by atoms with van der Waals surface area (Å²) in [6.45, 7) is 2.59. The van der Waals surface area contributed by atoms with Gasteiger partial charge in [0.05, 0.1) is 18.6 Å². The SMILES string of the molecule is CCOC(=O)[C@@]1(Cc2ccccc2)C[C@H]2CC[C@@H]1N2Cc1nc(C(N)=O)no1. The number of esters is 1. The molecule has 2 N–H and O–H groups in total. The average Bonchev–Trinajstić information content (AvgIpc) is 3.38. The number of primary amides is 1. The second-order valence-corrected chi connectivity index (χ2v) is 7.54. The van der Waals surface area contributed by atoms with Gasteiger partial charge in [-0.25, -0.2) is 0 Å². The number of ether oxygens (including phenoxy) is 1. The number of nitrogens with zero attached hydrogens (tertiary/aromatic N) is 3. The van der Waals surface area contributed by atoms with Crippen molar-refractivity contribution in [1.82, 2.24) is 15.0 Å². The molecule has 2 fully saturated rings. The van der Waals surface area contributed by atoms with E-state index in [4.69, 9.17) is 15.0 Å². The molecule has 0 unspecified atom stereocenters. The van der Waals surface area contributed by atoms with Gasteiger partial charge in [-0.15, -0.1) is 0 Å². The summed E-state index contributed by atoms with van der Waals surface area (Å²) in [4.78, 5) is 30.6. The summed E-state index contributed by atoms with van der Waals surface area (Å²) in [7, 11) is 0. The van der Waals surface area contributed by atoms with Gasteiger partial charge in [-0.1, -0.05) is 35.5 Å². The molecule has 0 saturated carbocycles. The Morgan fingerprint density at radius 3 is 2.79 bits per heavy atom. The summed E-state index contributed by atoms with van der Waals surface area (Å²) in [5.41, 5.74) is 5.74. The third-order valence-electron chi connectivity index (χ3n) is 5.93. The molecule has 3 heterocycles. The molecule has 0 radical (unpaired) electrons. The molecule has 2 saturated heterocycles. The van der Waals surface area contributed by atoms with E-state index >= 15 is 0 Å². The van der Waals surface area contributed by atoms with E-state index < -0.39 is 11.3 Å². The minimum absolute atomic E-state index is 0.0284. The van der Waals surface area contributed by atoms with E-state index in [-0.39, 0.29) is 23.9 Å². The number of hydrogen-bond acceptors (Lipinski definition) is 7. The van der Waals surface area contributed by atoms with Crippen LogP contribution in [0.2, 0.25) is 0 Å². The Bertz CT molecular complexity index is 868. The van der Waals surface area contributed by atoms with E-state index in [1.807, 2.05) is 25.1 Å². The fourth-order valence-electron chi connectivity index (χ4n) is 4.84. The Morgan fingerprint density at radius 1 is 1.32 bits per heavy atom. The lowest BCUT2D eigenvalue weighted by molar-refractivity contribution is -0.157. The minimum Gasteiger partial charge on any atom is -0.466 e. The Balaban J connectivity index is 1.61. The quantitative estimate of drug-likeness (QED) is 0.723. The predicted octanol–water partition coefficient (Wildman–Crippen LogP) is 1.70. The minimum atomic E-state index is -0.718. The molecule has 4 rings (SSSR count). The largest absolute Gasteiger partial charge is 0.466 e. The zero-order valence-electron chi connectivity index (χ0n) is 15.8. The van der Waals surface area contributed by atoms with Crippen molar-refractivity contribution in [2.45, 2.75) is 51.2 Å². The lowest BCUT2D eigenvalue weighted by Crippen LogP contribution is -2.46. The summed E-state index contributed by atoms with van der Waals surface area (Å²) in [5.74, 6) is -0.642. The van der Waals surface area contributed by atoms with E-state index in [2.05, 4.69) is 27.2 Å². The molecule has 2 bridgehead atoms. The van der Waals surface area contributed by atoms with Crippen LogP contribution in [0.15, 0.2) is 34.9 Å².